The molecule has 0 fully saturated rings. The maximum atomic E-state index is 12.9. The second-order valence-corrected chi connectivity index (χ2v) is 4.29. The summed E-state index contributed by atoms with van der Waals surface area (Å²) in [5, 5.41) is 0. The molecule has 5 heteroatoms. The molecule has 0 aliphatic heterocycles. The zero-order valence-corrected chi connectivity index (χ0v) is 10.7. The van der Waals surface area contributed by atoms with Crippen molar-refractivity contribution in [2.45, 2.75) is 0 Å². The van der Waals surface area contributed by atoms with Gasteiger partial charge in [0.2, 0.25) is 0 Å². The third kappa shape index (κ3) is 2.03. The van der Waals surface area contributed by atoms with E-state index in [1.165, 1.54) is 19.2 Å². The van der Waals surface area contributed by atoms with Crippen LogP contribution in [0.3, 0.4) is 0 Å². The second-order valence-electron chi connectivity index (χ2n) is 4.29. The highest BCUT2D eigenvalue weighted by Crippen LogP contribution is 2.23. The van der Waals surface area contributed by atoms with Crippen molar-refractivity contribution in [1.82, 2.24) is 9.97 Å². The normalized spacial score (nSPS) is 10.7. The minimum Gasteiger partial charge on any atom is -0.465 e. The Hall–Kier alpha value is -2.69. The molecule has 1 aromatic heterocycles. The summed E-state index contributed by atoms with van der Waals surface area (Å²) in [6.45, 7) is 0. The second kappa shape index (κ2) is 4.77. The van der Waals surface area contributed by atoms with Gasteiger partial charge in [-0.3, -0.25) is 0 Å². The molecule has 0 aliphatic rings. The molecular weight excluding hydrogens is 259 g/mol. The molecular formula is C15H11FN2O2. The number of nitrogens with one attached hydrogen (secondary N) is 1. The van der Waals surface area contributed by atoms with E-state index in [2.05, 4.69) is 9.97 Å². The summed E-state index contributed by atoms with van der Waals surface area (Å²) in [5.74, 6) is -0.163. The van der Waals surface area contributed by atoms with Gasteiger partial charge in [0.25, 0.3) is 0 Å². The predicted molar refractivity (Wildman–Crippen MR) is 72.8 cm³/mol. The average Bonchev–Trinajstić information content (AvgIpc) is 2.91. The maximum Gasteiger partial charge on any atom is 0.340 e. The number of rotatable bonds is 2. The van der Waals surface area contributed by atoms with Crippen molar-refractivity contribution in [3.8, 4) is 11.4 Å². The number of H-pyrrole nitrogens is 1. The van der Waals surface area contributed by atoms with Gasteiger partial charge in [-0.25, -0.2) is 14.2 Å². The summed E-state index contributed by atoms with van der Waals surface area (Å²) in [7, 11) is 1.33. The minimum atomic E-state index is -0.437. The summed E-state index contributed by atoms with van der Waals surface area (Å²) in [5.41, 5.74) is 2.42. The number of carbonyl (C=O) groups excluding carboxylic acids is 1. The Labute approximate surface area is 114 Å². The zero-order valence-electron chi connectivity index (χ0n) is 10.7. The molecule has 1 N–H and O–H groups in total. The first-order valence-corrected chi connectivity index (χ1v) is 6.02. The lowest BCUT2D eigenvalue weighted by Crippen LogP contribution is -2.01. The van der Waals surface area contributed by atoms with Crippen molar-refractivity contribution in [2.75, 3.05) is 7.11 Å². The van der Waals surface area contributed by atoms with Crippen LogP contribution in [0.4, 0.5) is 4.39 Å². The highest BCUT2D eigenvalue weighted by atomic mass is 19.1. The topological polar surface area (TPSA) is 55.0 Å². The summed E-state index contributed by atoms with van der Waals surface area (Å²) < 4.78 is 17.7. The molecule has 0 aliphatic carbocycles. The number of para-hydroxylation sites is 1. The van der Waals surface area contributed by atoms with Crippen molar-refractivity contribution < 1.29 is 13.9 Å². The molecule has 0 spiro atoms. The van der Waals surface area contributed by atoms with Gasteiger partial charge in [0, 0.05) is 5.56 Å². The lowest BCUT2D eigenvalue weighted by Gasteiger charge is -1.98. The fraction of sp³-hybridized carbons (Fsp3) is 0.0667. The van der Waals surface area contributed by atoms with Crippen LogP contribution >= 0.6 is 0 Å². The standard InChI is InChI=1S/C15H11FN2O2/c1-20-15(19)11-3-2-4-12-13(11)18-14(17-12)9-5-7-10(16)8-6-9/h2-8H,1H3,(H,17,18). The molecule has 3 aromatic rings. The molecule has 20 heavy (non-hydrogen) atoms. The van der Waals surface area contributed by atoms with Gasteiger partial charge in [-0.05, 0) is 36.4 Å². The van der Waals surface area contributed by atoms with Crippen LogP contribution in [0.5, 0.6) is 0 Å². The molecule has 0 saturated heterocycles. The third-order valence-corrected chi connectivity index (χ3v) is 3.04. The van der Waals surface area contributed by atoms with E-state index < -0.39 is 5.97 Å². The Balaban J connectivity index is 2.15. The monoisotopic (exact) mass is 270 g/mol. The first-order chi connectivity index (χ1) is 9.69. The fourth-order valence-corrected chi connectivity index (χ4v) is 2.05. The Bertz CT molecular complexity index is 778. The Kier molecular flexibility index (Phi) is 2.95. The van der Waals surface area contributed by atoms with Gasteiger partial charge in [-0.2, -0.15) is 0 Å². The molecule has 0 atom stereocenters. The Morgan fingerprint density at radius 1 is 1.20 bits per heavy atom. The highest BCUT2D eigenvalue weighted by molar-refractivity contribution is 6.02. The van der Waals surface area contributed by atoms with Crippen LogP contribution in [0.2, 0.25) is 0 Å². The Morgan fingerprint density at radius 3 is 2.65 bits per heavy atom. The van der Waals surface area contributed by atoms with E-state index >= 15 is 0 Å². The van der Waals surface area contributed by atoms with E-state index in [0.29, 0.717) is 16.9 Å². The molecule has 0 bridgehead atoms. The van der Waals surface area contributed by atoms with Gasteiger partial charge in [0.15, 0.2) is 0 Å². The van der Waals surface area contributed by atoms with Crippen LogP contribution in [-0.4, -0.2) is 23.0 Å². The van der Waals surface area contributed by atoms with Crippen LogP contribution < -0.4 is 0 Å². The largest absolute Gasteiger partial charge is 0.465 e. The third-order valence-electron chi connectivity index (χ3n) is 3.04. The molecule has 4 nitrogen and oxygen atoms in total. The van der Waals surface area contributed by atoms with E-state index in [0.717, 1.165) is 11.1 Å². The fourth-order valence-electron chi connectivity index (χ4n) is 2.05. The molecule has 1 heterocycles. The van der Waals surface area contributed by atoms with Crippen LogP contribution in [-0.2, 0) is 4.74 Å². The van der Waals surface area contributed by atoms with Gasteiger partial charge < -0.3 is 9.72 Å². The summed E-state index contributed by atoms with van der Waals surface area (Å²) >= 11 is 0. The maximum absolute atomic E-state index is 12.9. The lowest BCUT2D eigenvalue weighted by atomic mass is 10.2. The van der Waals surface area contributed by atoms with Crippen LogP contribution in [0, 0.1) is 5.82 Å². The number of carbonyl (C=O) groups is 1. The first-order valence-electron chi connectivity index (χ1n) is 6.02. The van der Waals surface area contributed by atoms with Crippen molar-refractivity contribution in [3.63, 3.8) is 0 Å². The van der Waals surface area contributed by atoms with Crippen molar-refractivity contribution in [1.29, 1.82) is 0 Å². The summed E-state index contributed by atoms with van der Waals surface area (Å²) in [6, 6.07) is 11.2. The number of methoxy groups -OCH3 is 1. The van der Waals surface area contributed by atoms with Gasteiger partial charge in [-0.15, -0.1) is 0 Å². The quantitative estimate of drug-likeness (QED) is 0.728. The van der Waals surface area contributed by atoms with E-state index in [9.17, 15) is 9.18 Å². The van der Waals surface area contributed by atoms with E-state index in [1.807, 2.05) is 6.07 Å². The summed E-state index contributed by atoms with van der Waals surface area (Å²) in [4.78, 5) is 19.2. The Morgan fingerprint density at radius 2 is 1.95 bits per heavy atom. The van der Waals surface area contributed by atoms with Crippen molar-refractivity contribution in [3.05, 3.63) is 53.8 Å². The van der Waals surface area contributed by atoms with Crippen molar-refractivity contribution in [2.24, 2.45) is 0 Å². The summed E-state index contributed by atoms with van der Waals surface area (Å²) in [6.07, 6.45) is 0. The number of esters is 1. The molecule has 2 aromatic carbocycles. The molecule has 0 radical (unpaired) electrons. The number of aromatic nitrogens is 2. The van der Waals surface area contributed by atoms with E-state index in [1.54, 1.807) is 24.3 Å². The van der Waals surface area contributed by atoms with Gasteiger partial charge in [0.05, 0.1) is 18.2 Å². The molecule has 0 amide bonds. The number of halogens is 1. The van der Waals surface area contributed by atoms with Crippen LogP contribution in [0.1, 0.15) is 10.4 Å². The first kappa shape index (κ1) is 12.3. The SMILES string of the molecule is COC(=O)c1cccc2[nH]c(-c3ccc(F)cc3)nc12. The molecule has 0 saturated carbocycles. The molecule has 0 unspecified atom stereocenters. The predicted octanol–water partition coefficient (Wildman–Crippen LogP) is 3.16. The number of nitrogens with zero attached hydrogens (tertiary/aromatic N) is 1. The van der Waals surface area contributed by atoms with E-state index in [-0.39, 0.29) is 5.82 Å². The number of hydrogen-bond acceptors (Lipinski definition) is 3. The number of ether oxygens (including phenoxy) is 1. The van der Waals surface area contributed by atoms with Gasteiger partial charge in [-0.1, -0.05) is 6.07 Å². The smallest absolute Gasteiger partial charge is 0.340 e. The van der Waals surface area contributed by atoms with Gasteiger partial charge in [0.1, 0.15) is 17.2 Å². The van der Waals surface area contributed by atoms with Crippen LogP contribution in [0.25, 0.3) is 22.4 Å². The molecule has 3 rings (SSSR count). The number of imidazole rings is 1. The number of fused-ring (bicyclic) bond motifs is 1. The minimum absolute atomic E-state index is 0.305. The number of benzene rings is 2. The number of aromatic amines is 1. The molecule has 100 valence electrons. The average molecular weight is 270 g/mol. The number of hydrogen-bond donors (Lipinski definition) is 1. The van der Waals surface area contributed by atoms with Gasteiger partial charge >= 0.3 is 5.97 Å². The highest BCUT2D eigenvalue weighted by Gasteiger charge is 2.14. The lowest BCUT2D eigenvalue weighted by molar-refractivity contribution is 0.0603. The van der Waals surface area contributed by atoms with Crippen molar-refractivity contribution >= 4 is 17.0 Å². The zero-order chi connectivity index (χ0) is 14.1. The van der Waals surface area contributed by atoms with Crippen LogP contribution in [0.15, 0.2) is 42.5 Å². The van der Waals surface area contributed by atoms with E-state index in [4.69, 9.17) is 4.74 Å².